The maximum absolute atomic E-state index is 11.3. The van der Waals surface area contributed by atoms with Crippen LogP contribution in [-0.2, 0) is 9.59 Å². The molecule has 0 aromatic heterocycles. The fraction of sp³-hybridized carbons (Fsp3) is 0.750. The molecule has 5 heteroatoms. The summed E-state index contributed by atoms with van der Waals surface area (Å²) in [5.74, 6) is -0.302. The van der Waals surface area contributed by atoms with Crippen LogP contribution in [0.3, 0.4) is 0 Å². The fourth-order valence-corrected chi connectivity index (χ4v) is 1.20. The summed E-state index contributed by atoms with van der Waals surface area (Å²) in [6.45, 7) is 1.61. The second-order valence-corrected chi connectivity index (χ2v) is 3.25. The number of hydrogen-bond donors (Lipinski definition) is 3. The van der Waals surface area contributed by atoms with E-state index in [1.807, 2.05) is 0 Å². The molecule has 2 atom stereocenters. The number of carbonyl (C=O) groups excluding carboxylic acids is 2. The monoisotopic (exact) mass is 186 g/mol. The smallest absolute Gasteiger partial charge is 0.242 e. The molecular weight excluding hydrogens is 172 g/mol. The maximum atomic E-state index is 11.3. The minimum absolute atomic E-state index is 0.0863. The first-order chi connectivity index (χ1) is 6.13. The Balaban J connectivity index is 2.35. The lowest BCUT2D eigenvalue weighted by Gasteiger charge is -2.14. The van der Waals surface area contributed by atoms with Crippen molar-refractivity contribution < 1.29 is 14.7 Å². The zero-order valence-corrected chi connectivity index (χ0v) is 7.54. The van der Waals surface area contributed by atoms with E-state index in [0.29, 0.717) is 12.8 Å². The molecule has 0 aromatic rings. The third-order valence-corrected chi connectivity index (χ3v) is 1.97. The van der Waals surface area contributed by atoms with Gasteiger partial charge in [0.25, 0.3) is 0 Å². The van der Waals surface area contributed by atoms with Gasteiger partial charge in [-0.2, -0.15) is 0 Å². The molecule has 0 spiro atoms. The van der Waals surface area contributed by atoms with Gasteiger partial charge in [0.15, 0.2) is 0 Å². The van der Waals surface area contributed by atoms with Crippen molar-refractivity contribution in [3.05, 3.63) is 0 Å². The van der Waals surface area contributed by atoms with Gasteiger partial charge in [-0.15, -0.1) is 0 Å². The number of amides is 2. The van der Waals surface area contributed by atoms with Gasteiger partial charge in [-0.1, -0.05) is 0 Å². The molecule has 1 rings (SSSR count). The Morgan fingerprint density at radius 3 is 3.00 bits per heavy atom. The quantitative estimate of drug-likeness (QED) is 0.516. The highest BCUT2D eigenvalue weighted by Crippen LogP contribution is 2.06. The molecule has 74 valence electrons. The first kappa shape index (κ1) is 9.98. The summed E-state index contributed by atoms with van der Waals surface area (Å²) in [5.41, 5.74) is 0. The summed E-state index contributed by atoms with van der Waals surface area (Å²) in [6, 6.07) is -0.675. The lowest BCUT2D eigenvalue weighted by molar-refractivity contribution is -0.126. The molecule has 2 amide bonds. The Bertz CT molecular complexity index is 217. The van der Waals surface area contributed by atoms with E-state index in [2.05, 4.69) is 10.6 Å². The second kappa shape index (κ2) is 4.23. The Labute approximate surface area is 76.5 Å². The van der Waals surface area contributed by atoms with Crippen molar-refractivity contribution in [2.24, 2.45) is 0 Å². The molecule has 1 saturated heterocycles. The first-order valence-electron chi connectivity index (χ1n) is 4.34. The average Bonchev–Trinajstić information content (AvgIpc) is 2.51. The van der Waals surface area contributed by atoms with E-state index in [4.69, 9.17) is 5.11 Å². The molecule has 1 aliphatic rings. The summed E-state index contributed by atoms with van der Waals surface area (Å²) in [5, 5.41) is 13.8. The van der Waals surface area contributed by atoms with Crippen LogP contribution in [0.1, 0.15) is 19.8 Å². The molecule has 0 bridgehead atoms. The number of aliphatic hydroxyl groups excluding tert-OH is 1. The first-order valence-corrected chi connectivity index (χ1v) is 4.34. The maximum Gasteiger partial charge on any atom is 0.242 e. The van der Waals surface area contributed by atoms with Crippen molar-refractivity contribution >= 4 is 11.8 Å². The SMILES string of the molecule is C[C@@H](CO)NC(=O)[C@H]1CCC(=O)N1. The van der Waals surface area contributed by atoms with Crippen molar-refractivity contribution in [2.45, 2.75) is 31.8 Å². The van der Waals surface area contributed by atoms with E-state index in [1.54, 1.807) is 6.92 Å². The van der Waals surface area contributed by atoms with Crippen LogP contribution in [0.15, 0.2) is 0 Å². The van der Waals surface area contributed by atoms with E-state index >= 15 is 0 Å². The zero-order chi connectivity index (χ0) is 9.84. The van der Waals surface area contributed by atoms with Crippen molar-refractivity contribution in [2.75, 3.05) is 6.61 Å². The van der Waals surface area contributed by atoms with Gasteiger partial charge in [-0.25, -0.2) is 0 Å². The van der Waals surface area contributed by atoms with Gasteiger partial charge in [0.1, 0.15) is 6.04 Å². The van der Waals surface area contributed by atoms with Gasteiger partial charge in [-0.3, -0.25) is 9.59 Å². The van der Waals surface area contributed by atoms with Crippen molar-refractivity contribution in [3.63, 3.8) is 0 Å². The van der Waals surface area contributed by atoms with E-state index in [1.165, 1.54) is 0 Å². The number of aliphatic hydroxyl groups is 1. The zero-order valence-electron chi connectivity index (χ0n) is 7.54. The summed E-state index contributed by atoms with van der Waals surface area (Å²) in [4.78, 5) is 22.1. The molecule has 1 aliphatic heterocycles. The third kappa shape index (κ3) is 2.69. The van der Waals surface area contributed by atoms with E-state index in [9.17, 15) is 9.59 Å². The summed E-state index contributed by atoms with van der Waals surface area (Å²) < 4.78 is 0. The Kier molecular flexibility index (Phi) is 3.25. The Morgan fingerprint density at radius 1 is 1.85 bits per heavy atom. The van der Waals surface area contributed by atoms with Gasteiger partial charge in [0.2, 0.25) is 11.8 Å². The van der Waals surface area contributed by atoms with Crippen molar-refractivity contribution in [1.82, 2.24) is 10.6 Å². The Hall–Kier alpha value is -1.10. The van der Waals surface area contributed by atoms with Crippen LogP contribution in [0, 0.1) is 0 Å². The topological polar surface area (TPSA) is 78.4 Å². The van der Waals surface area contributed by atoms with E-state index < -0.39 is 6.04 Å². The van der Waals surface area contributed by atoms with Crippen LogP contribution in [0.4, 0.5) is 0 Å². The normalized spacial score (nSPS) is 23.8. The summed E-state index contributed by atoms with van der Waals surface area (Å²) in [6.07, 6.45) is 0.953. The van der Waals surface area contributed by atoms with Crippen LogP contribution in [0.5, 0.6) is 0 Å². The average molecular weight is 186 g/mol. The molecule has 0 aromatic carbocycles. The Morgan fingerprint density at radius 2 is 2.54 bits per heavy atom. The number of carbonyl (C=O) groups is 2. The molecule has 0 unspecified atom stereocenters. The molecule has 3 N–H and O–H groups in total. The van der Waals surface area contributed by atoms with E-state index in [-0.39, 0.29) is 24.5 Å². The van der Waals surface area contributed by atoms with Crippen LogP contribution >= 0.6 is 0 Å². The van der Waals surface area contributed by atoms with Crippen LogP contribution in [0.2, 0.25) is 0 Å². The number of hydrogen-bond acceptors (Lipinski definition) is 3. The van der Waals surface area contributed by atoms with Gasteiger partial charge in [0.05, 0.1) is 6.61 Å². The van der Waals surface area contributed by atoms with Crippen molar-refractivity contribution in [1.29, 1.82) is 0 Å². The van der Waals surface area contributed by atoms with Gasteiger partial charge >= 0.3 is 0 Å². The molecule has 0 aliphatic carbocycles. The van der Waals surface area contributed by atoms with Gasteiger partial charge < -0.3 is 15.7 Å². The van der Waals surface area contributed by atoms with Crippen LogP contribution < -0.4 is 10.6 Å². The highest BCUT2D eigenvalue weighted by molar-refractivity contribution is 5.90. The highest BCUT2D eigenvalue weighted by Gasteiger charge is 2.27. The summed E-state index contributed by atoms with van der Waals surface area (Å²) in [7, 11) is 0. The standard InChI is InChI=1S/C8H14N2O3/c1-5(4-11)9-8(13)6-2-3-7(12)10-6/h5-6,11H,2-4H2,1H3,(H,9,13)(H,10,12)/t5-,6+/m0/s1. The predicted octanol–water partition coefficient (Wildman–Crippen LogP) is -1.24. The lowest BCUT2D eigenvalue weighted by Crippen LogP contribution is -2.46. The molecule has 0 saturated carbocycles. The predicted molar refractivity (Wildman–Crippen MR) is 45.9 cm³/mol. The minimum Gasteiger partial charge on any atom is -0.394 e. The molecular formula is C8H14N2O3. The molecule has 5 nitrogen and oxygen atoms in total. The van der Waals surface area contributed by atoms with Crippen molar-refractivity contribution in [3.8, 4) is 0 Å². The third-order valence-electron chi connectivity index (χ3n) is 1.97. The molecule has 1 fully saturated rings. The largest absolute Gasteiger partial charge is 0.394 e. The van der Waals surface area contributed by atoms with Gasteiger partial charge in [0, 0.05) is 12.5 Å². The second-order valence-electron chi connectivity index (χ2n) is 3.25. The van der Waals surface area contributed by atoms with E-state index in [0.717, 1.165) is 0 Å². The number of rotatable bonds is 3. The number of nitrogens with one attached hydrogen (secondary N) is 2. The lowest BCUT2D eigenvalue weighted by atomic mass is 10.2. The fourth-order valence-electron chi connectivity index (χ4n) is 1.20. The van der Waals surface area contributed by atoms with Gasteiger partial charge in [-0.05, 0) is 13.3 Å². The van der Waals surface area contributed by atoms with Crippen LogP contribution in [-0.4, -0.2) is 35.6 Å². The molecule has 13 heavy (non-hydrogen) atoms. The minimum atomic E-state index is -0.415. The summed E-state index contributed by atoms with van der Waals surface area (Å²) >= 11 is 0. The molecule has 1 heterocycles. The molecule has 0 radical (unpaired) electrons. The van der Waals surface area contributed by atoms with Crippen LogP contribution in [0.25, 0.3) is 0 Å². The highest BCUT2D eigenvalue weighted by atomic mass is 16.3.